The first-order valence-electron chi connectivity index (χ1n) is 6.18. The van der Waals surface area contributed by atoms with E-state index in [1.807, 2.05) is 6.92 Å². The second-order valence-electron chi connectivity index (χ2n) is 4.11. The van der Waals surface area contributed by atoms with Crippen LogP contribution in [0.1, 0.15) is 26.2 Å². The summed E-state index contributed by atoms with van der Waals surface area (Å²) in [7, 11) is 0. The molecule has 18 heavy (non-hydrogen) atoms. The van der Waals surface area contributed by atoms with Crippen LogP contribution in [-0.4, -0.2) is 42.5 Å². The third-order valence-electron chi connectivity index (χ3n) is 2.24. The number of nitrogens with one attached hydrogen (secondary N) is 1. The zero-order chi connectivity index (χ0) is 13.8. The van der Waals surface area contributed by atoms with Crippen molar-refractivity contribution in [3.05, 3.63) is 0 Å². The molecule has 0 aromatic rings. The Kier molecular flexibility index (Phi) is 10.6. The molecule has 0 aromatic heterocycles. The van der Waals surface area contributed by atoms with E-state index in [1.165, 1.54) is 0 Å². The summed E-state index contributed by atoms with van der Waals surface area (Å²) in [4.78, 5) is 15.4. The minimum atomic E-state index is 0.0742. The Morgan fingerprint density at radius 3 is 2.72 bits per heavy atom. The highest BCUT2D eigenvalue weighted by Gasteiger charge is 2.06. The van der Waals surface area contributed by atoms with Crippen LogP contribution in [0.4, 0.5) is 0 Å². The van der Waals surface area contributed by atoms with E-state index in [2.05, 4.69) is 10.3 Å². The summed E-state index contributed by atoms with van der Waals surface area (Å²) in [6.45, 7) is 3.26. The van der Waals surface area contributed by atoms with Crippen molar-refractivity contribution in [2.24, 2.45) is 22.2 Å². The van der Waals surface area contributed by atoms with Gasteiger partial charge in [0.05, 0.1) is 5.75 Å². The second-order valence-corrected chi connectivity index (χ2v) is 5.22. The monoisotopic (exact) mass is 275 g/mol. The molecule has 0 aliphatic carbocycles. The predicted molar refractivity (Wildman–Crippen MR) is 78.5 cm³/mol. The highest BCUT2D eigenvalue weighted by atomic mass is 32.2. The number of carbonyl (C=O) groups is 1. The average molecular weight is 275 g/mol. The van der Waals surface area contributed by atoms with Gasteiger partial charge in [0.25, 0.3) is 0 Å². The first-order chi connectivity index (χ1) is 8.56. The molecule has 1 unspecified atom stereocenters. The minimum absolute atomic E-state index is 0.0742. The van der Waals surface area contributed by atoms with Crippen LogP contribution in [0.5, 0.6) is 0 Å². The van der Waals surface area contributed by atoms with Crippen LogP contribution in [0.2, 0.25) is 0 Å². The quantitative estimate of drug-likeness (QED) is 0.246. The van der Waals surface area contributed by atoms with Gasteiger partial charge in [-0.3, -0.25) is 9.79 Å². The molecule has 1 amide bonds. The van der Waals surface area contributed by atoms with E-state index >= 15 is 0 Å². The normalized spacial score (nSPS) is 11.9. The number of unbranched alkanes of at least 4 members (excludes halogenated alkanes) is 1. The summed E-state index contributed by atoms with van der Waals surface area (Å²) in [6.07, 6.45) is 2.86. The number of amides is 1. The Morgan fingerprint density at radius 1 is 1.39 bits per heavy atom. The first-order valence-corrected chi connectivity index (χ1v) is 7.34. The topological polar surface area (TPSA) is 120 Å². The highest BCUT2D eigenvalue weighted by molar-refractivity contribution is 7.99. The largest absolute Gasteiger partial charge is 0.370 e. The summed E-state index contributed by atoms with van der Waals surface area (Å²) in [5.41, 5.74) is 15.8. The Labute approximate surface area is 113 Å². The molecule has 1 atom stereocenters. The van der Waals surface area contributed by atoms with Crippen LogP contribution in [0.3, 0.4) is 0 Å². The van der Waals surface area contributed by atoms with Gasteiger partial charge >= 0.3 is 0 Å². The molecule has 0 spiro atoms. The number of nitrogens with two attached hydrogens (primary N) is 3. The lowest BCUT2D eigenvalue weighted by Gasteiger charge is -2.13. The molecule has 0 fully saturated rings. The Morgan fingerprint density at radius 2 is 2.11 bits per heavy atom. The molecular formula is C11H25N5OS. The zero-order valence-electron chi connectivity index (χ0n) is 11.0. The molecule has 0 radical (unpaired) electrons. The molecule has 0 aromatic carbocycles. The number of thioether (sulfide) groups is 1. The van der Waals surface area contributed by atoms with Gasteiger partial charge in [0.2, 0.25) is 5.91 Å². The number of guanidine groups is 1. The lowest BCUT2D eigenvalue weighted by molar-refractivity contribution is -0.119. The number of carbonyl (C=O) groups excluding carboxylic acids is 1. The Hall–Kier alpha value is -0.950. The zero-order valence-corrected chi connectivity index (χ0v) is 11.8. The third kappa shape index (κ3) is 11.5. The van der Waals surface area contributed by atoms with Crippen molar-refractivity contribution < 1.29 is 4.79 Å². The Balaban J connectivity index is 3.49. The van der Waals surface area contributed by atoms with Gasteiger partial charge in [-0.1, -0.05) is 0 Å². The minimum Gasteiger partial charge on any atom is -0.370 e. The summed E-state index contributed by atoms with van der Waals surface area (Å²) >= 11 is 1.56. The van der Waals surface area contributed by atoms with Crippen LogP contribution >= 0.6 is 11.8 Å². The van der Waals surface area contributed by atoms with Crippen LogP contribution in [0, 0.1) is 0 Å². The molecule has 6 nitrogen and oxygen atoms in total. The highest BCUT2D eigenvalue weighted by Crippen LogP contribution is 2.02. The fourth-order valence-electron chi connectivity index (χ4n) is 1.41. The maximum Gasteiger partial charge on any atom is 0.230 e. The number of nitrogens with zero attached hydrogens (tertiary/aromatic N) is 1. The molecule has 0 rings (SSSR count). The Bertz CT molecular complexity index is 256. The molecule has 0 saturated heterocycles. The van der Waals surface area contributed by atoms with Crippen molar-refractivity contribution in [2.75, 3.05) is 24.6 Å². The van der Waals surface area contributed by atoms with Crippen LogP contribution in [0.25, 0.3) is 0 Å². The van der Waals surface area contributed by atoms with Crippen LogP contribution < -0.4 is 22.5 Å². The number of hydrogen-bond acceptors (Lipinski definition) is 4. The van der Waals surface area contributed by atoms with Gasteiger partial charge in [-0.05, 0) is 26.2 Å². The van der Waals surface area contributed by atoms with E-state index in [1.54, 1.807) is 11.8 Å². The first kappa shape index (κ1) is 17.1. The van der Waals surface area contributed by atoms with Crippen molar-refractivity contribution in [3.8, 4) is 0 Å². The van der Waals surface area contributed by atoms with Crippen molar-refractivity contribution in [2.45, 2.75) is 32.2 Å². The molecule has 7 heteroatoms. The summed E-state index contributed by atoms with van der Waals surface area (Å²) in [6, 6.07) is 0.190. The standard InChI is InChI=1S/C11H25N5OS/c1-9(4-2-3-6-15-11(13)14)16-10(17)8-18-7-5-12/h9H,2-8,12H2,1H3,(H,16,17)(H4,13,14,15). The van der Waals surface area contributed by atoms with Crippen molar-refractivity contribution in [1.29, 1.82) is 0 Å². The SMILES string of the molecule is CC(CCCCN=C(N)N)NC(=O)CSCCN. The lowest BCUT2D eigenvalue weighted by Crippen LogP contribution is -2.34. The molecule has 0 aliphatic rings. The molecule has 106 valence electrons. The van der Waals surface area contributed by atoms with Crippen LogP contribution in [-0.2, 0) is 4.79 Å². The van der Waals surface area contributed by atoms with E-state index in [9.17, 15) is 4.79 Å². The number of hydrogen-bond donors (Lipinski definition) is 4. The van der Waals surface area contributed by atoms with E-state index in [-0.39, 0.29) is 17.9 Å². The maximum atomic E-state index is 11.5. The molecule has 0 bridgehead atoms. The smallest absolute Gasteiger partial charge is 0.230 e. The van der Waals surface area contributed by atoms with Crippen LogP contribution in [0.15, 0.2) is 4.99 Å². The summed E-state index contributed by atoms with van der Waals surface area (Å²) < 4.78 is 0. The van der Waals surface area contributed by atoms with Gasteiger partial charge in [0.1, 0.15) is 0 Å². The summed E-state index contributed by atoms with van der Waals surface area (Å²) in [5.74, 6) is 1.51. The fraction of sp³-hybridized carbons (Fsp3) is 0.818. The van der Waals surface area contributed by atoms with E-state index in [0.29, 0.717) is 18.8 Å². The van der Waals surface area contributed by atoms with Gasteiger partial charge in [-0.2, -0.15) is 11.8 Å². The fourth-order valence-corrected chi connectivity index (χ4v) is 1.99. The molecule has 7 N–H and O–H groups in total. The van der Waals surface area contributed by atoms with E-state index < -0.39 is 0 Å². The maximum absolute atomic E-state index is 11.5. The third-order valence-corrected chi connectivity index (χ3v) is 3.23. The molecule has 0 aliphatic heterocycles. The van der Waals surface area contributed by atoms with Crippen molar-refractivity contribution >= 4 is 23.6 Å². The predicted octanol–water partition coefficient (Wildman–Crippen LogP) is -0.373. The lowest BCUT2D eigenvalue weighted by atomic mass is 10.1. The van der Waals surface area contributed by atoms with E-state index in [0.717, 1.165) is 25.0 Å². The average Bonchev–Trinajstić information content (AvgIpc) is 2.28. The van der Waals surface area contributed by atoms with Crippen molar-refractivity contribution in [1.82, 2.24) is 5.32 Å². The molecule has 0 heterocycles. The molecule has 0 saturated carbocycles. The second kappa shape index (κ2) is 11.2. The van der Waals surface area contributed by atoms with Gasteiger partial charge in [-0.15, -0.1) is 0 Å². The molecular weight excluding hydrogens is 250 g/mol. The van der Waals surface area contributed by atoms with Gasteiger partial charge in [0, 0.05) is 24.9 Å². The number of rotatable bonds is 10. The summed E-state index contributed by atoms with van der Waals surface area (Å²) in [5, 5.41) is 2.95. The van der Waals surface area contributed by atoms with Gasteiger partial charge in [-0.25, -0.2) is 0 Å². The van der Waals surface area contributed by atoms with Gasteiger partial charge < -0.3 is 22.5 Å². The van der Waals surface area contributed by atoms with Crippen molar-refractivity contribution in [3.63, 3.8) is 0 Å². The number of aliphatic imine (C=N–C) groups is 1. The van der Waals surface area contributed by atoms with E-state index in [4.69, 9.17) is 17.2 Å². The van der Waals surface area contributed by atoms with Gasteiger partial charge in [0.15, 0.2) is 5.96 Å².